The maximum atomic E-state index is 11.6. The summed E-state index contributed by atoms with van der Waals surface area (Å²) in [6.45, 7) is 1.94. The minimum absolute atomic E-state index is 0.117. The summed E-state index contributed by atoms with van der Waals surface area (Å²) in [5.74, 6) is 0.117. The minimum atomic E-state index is -3.28. The SMILES string of the molecule is CCCCS(=O)(=O)Nc1ccc(Cl)c(N)c1. The van der Waals surface area contributed by atoms with Gasteiger partial charge in [-0.05, 0) is 24.6 Å². The van der Waals surface area contributed by atoms with Gasteiger partial charge in [0, 0.05) is 0 Å². The van der Waals surface area contributed by atoms with Gasteiger partial charge >= 0.3 is 0 Å². The van der Waals surface area contributed by atoms with Crippen LogP contribution in [0.4, 0.5) is 11.4 Å². The van der Waals surface area contributed by atoms with Gasteiger partial charge in [0.15, 0.2) is 0 Å². The van der Waals surface area contributed by atoms with Gasteiger partial charge in [0.25, 0.3) is 0 Å². The van der Waals surface area contributed by atoms with Crippen molar-refractivity contribution in [1.29, 1.82) is 0 Å². The van der Waals surface area contributed by atoms with E-state index in [1.54, 1.807) is 12.1 Å². The van der Waals surface area contributed by atoms with Crippen LogP contribution in [0.25, 0.3) is 0 Å². The molecule has 0 bridgehead atoms. The van der Waals surface area contributed by atoms with Crippen molar-refractivity contribution < 1.29 is 8.42 Å². The van der Waals surface area contributed by atoms with Crippen molar-refractivity contribution in [3.63, 3.8) is 0 Å². The third-order valence-corrected chi connectivity index (χ3v) is 3.75. The smallest absolute Gasteiger partial charge is 0.232 e. The first-order valence-corrected chi connectivity index (χ1v) is 7.03. The summed E-state index contributed by atoms with van der Waals surface area (Å²) in [5, 5.41) is 0.413. The van der Waals surface area contributed by atoms with Crippen LogP contribution in [0.5, 0.6) is 0 Å². The third-order valence-electron chi connectivity index (χ3n) is 2.04. The fourth-order valence-electron chi connectivity index (χ4n) is 1.17. The van der Waals surface area contributed by atoms with E-state index in [1.165, 1.54) is 6.07 Å². The zero-order valence-corrected chi connectivity index (χ0v) is 10.6. The molecule has 1 aromatic carbocycles. The average Bonchev–Trinajstić information content (AvgIpc) is 2.20. The number of unbranched alkanes of at least 4 members (excludes halogenated alkanes) is 1. The molecule has 0 radical (unpaired) electrons. The number of hydrogen-bond donors (Lipinski definition) is 2. The van der Waals surface area contributed by atoms with Crippen LogP contribution in [0.2, 0.25) is 5.02 Å². The first-order valence-electron chi connectivity index (χ1n) is 5.00. The molecule has 0 fully saturated rings. The van der Waals surface area contributed by atoms with E-state index in [0.717, 1.165) is 6.42 Å². The zero-order chi connectivity index (χ0) is 12.2. The molecule has 0 unspecified atom stereocenters. The van der Waals surface area contributed by atoms with Crippen molar-refractivity contribution in [2.24, 2.45) is 0 Å². The molecule has 0 spiro atoms. The number of nitrogens with two attached hydrogens (primary N) is 1. The molecule has 3 N–H and O–H groups in total. The summed E-state index contributed by atoms with van der Waals surface area (Å²) in [6.07, 6.45) is 1.47. The fourth-order valence-corrected chi connectivity index (χ4v) is 2.55. The number of sulfonamides is 1. The molecule has 0 saturated heterocycles. The van der Waals surface area contributed by atoms with Gasteiger partial charge in [-0.3, -0.25) is 4.72 Å². The zero-order valence-electron chi connectivity index (χ0n) is 9.03. The first-order chi connectivity index (χ1) is 7.44. The second kappa shape index (κ2) is 5.41. The Morgan fingerprint density at radius 2 is 2.12 bits per heavy atom. The van der Waals surface area contributed by atoms with Gasteiger partial charge in [0.05, 0.1) is 22.2 Å². The van der Waals surface area contributed by atoms with E-state index in [2.05, 4.69) is 4.72 Å². The topological polar surface area (TPSA) is 72.2 Å². The number of rotatable bonds is 5. The lowest BCUT2D eigenvalue weighted by molar-refractivity contribution is 0.598. The molecule has 1 rings (SSSR count). The van der Waals surface area contributed by atoms with E-state index in [4.69, 9.17) is 17.3 Å². The molecule has 4 nitrogen and oxygen atoms in total. The van der Waals surface area contributed by atoms with Crippen LogP contribution in [0.15, 0.2) is 18.2 Å². The molecule has 0 atom stereocenters. The normalized spacial score (nSPS) is 11.4. The summed E-state index contributed by atoms with van der Waals surface area (Å²) in [4.78, 5) is 0. The van der Waals surface area contributed by atoms with Gasteiger partial charge < -0.3 is 5.73 Å². The monoisotopic (exact) mass is 262 g/mol. The van der Waals surface area contributed by atoms with Crippen LogP contribution >= 0.6 is 11.6 Å². The number of hydrogen-bond acceptors (Lipinski definition) is 3. The standard InChI is InChI=1S/C10H15ClN2O2S/c1-2-3-6-16(14,15)13-8-4-5-9(11)10(12)7-8/h4-5,7,13H,2-3,6,12H2,1H3. The quantitative estimate of drug-likeness (QED) is 0.801. The van der Waals surface area contributed by atoms with Crippen LogP contribution in [0.1, 0.15) is 19.8 Å². The molecule has 0 amide bonds. The molecular formula is C10H15ClN2O2S. The van der Waals surface area contributed by atoms with Crippen molar-refractivity contribution in [3.05, 3.63) is 23.2 Å². The number of halogens is 1. The summed E-state index contributed by atoms with van der Waals surface area (Å²) in [5.41, 5.74) is 6.37. The Morgan fingerprint density at radius 1 is 1.44 bits per heavy atom. The summed E-state index contributed by atoms with van der Waals surface area (Å²) in [7, 11) is -3.28. The van der Waals surface area contributed by atoms with E-state index in [1.807, 2.05) is 6.92 Å². The molecule has 0 saturated carbocycles. The van der Waals surface area contributed by atoms with E-state index >= 15 is 0 Å². The molecule has 0 aromatic heterocycles. The minimum Gasteiger partial charge on any atom is -0.397 e. The maximum Gasteiger partial charge on any atom is 0.232 e. The lowest BCUT2D eigenvalue weighted by atomic mass is 10.3. The van der Waals surface area contributed by atoms with Gasteiger partial charge in [-0.1, -0.05) is 24.9 Å². The van der Waals surface area contributed by atoms with Crippen molar-refractivity contribution in [2.45, 2.75) is 19.8 Å². The summed E-state index contributed by atoms with van der Waals surface area (Å²) in [6, 6.07) is 4.66. The van der Waals surface area contributed by atoms with Crippen LogP contribution in [-0.4, -0.2) is 14.2 Å². The number of benzene rings is 1. The van der Waals surface area contributed by atoms with Crippen molar-refractivity contribution in [2.75, 3.05) is 16.2 Å². The highest BCUT2D eigenvalue weighted by atomic mass is 35.5. The lowest BCUT2D eigenvalue weighted by Gasteiger charge is -2.08. The Bertz CT molecular complexity index is 460. The molecular weight excluding hydrogens is 248 g/mol. The van der Waals surface area contributed by atoms with E-state index < -0.39 is 10.0 Å². The second-order valence-corrected chi connectivity index (χ2v) is 5.76. The second-order valence-electron chi connectivity index (χ2n) is 3.51. The predicted octanol–water partition coefficient (Wildman–Crippen LogP) is 2.46. The average molecular weight is 263 g/mol. The van der Waals surface area contributed by atoms with E-state index in [-0.39, 0.29) is 5.75 Å². The van der Waals surface area contributed by atoms with Crippen molar-refractivity contribution >= 4 is 33.0 Å². The number of nitrogen functional groups attached to an aromatic ring is 1. The van der Waals surface area contributed by atoms with E-state index in [9.17, 15) is 8.42 Å². The van der Waals surface area contributed by atoms with Crippen molar-refractivity contribution in [3.8, 4) is 0 Å². The van der Waals surface area contributed by atoms with Gasteiger partial charge in [-0.2, -0.15) is 0 Å². The molecule has 90 valence electrons. The number of nitrogens with one attached hydrogen (secondary N) is 1. The third kappa shape index (κ3) is 3.90. The van der Waals surface area contributed by atoms with Gasteiger partial charge in [-0.15, -0.1) is 0 Å². The number of anilines is 2. The van der Waals surface area contributed by atoms with Crippen LogP contribution < -0.4 is 10.5 Å². The Kier molecular flexibility index (Phi) is 4.44. The lowest BCUT2D eigenvalue weighted by Crippen LogP contribution is -2.16. The van der Waals surface area contributed by atoms with Crippen LogP contribution in [-0.2, 0) is 10.0 Å². The highest BCUT2D eigenvalue weighted by molar-refractivity contribution is 7.92. The van der Waals surface area contributed by atoms with Gasteiger partial charge in [-0.25, -0.2) is 8.42 Å². The fraction of sp³-hybridized carbons (Fsp3) is 0.400. The molecule has 0 aliphatic rings. The Labute approximate surface area is 101 Å². The highest BCUT2D eigenvalue weighted by Gasteiger charge is 2.09. The molecule has 1 aromatic rings. The molecule has 16 heavy (non-hydrogen) atoms. The molecule has 6 heteroatoms. The highest BCUT2D eigenvalue weighted by Crippen LogP contribution is 2.23. The Balaban J connectivity index is 2.76. The molecule has 0 aliphatic carbocycles. The van der Waals surface area contributed by atoms with Crippen LogP contribution in [0.3, 0.4) is 0 Å². The Morgan fingerprint density at radius 3 is 2.69 bits per heavy atom. The predicted molar refractivity (Wildman–Crippen MR) is 68.2 cm³/mol. The van der Waals surface area contributed by atoms with E-state index in [0.29, 0.717) is 22.8 Å². The summed E-state index contributed by atoms with van der Waals surface area (Å²) < 4.78 is 25.6. The van der Waals surface area contributed by atoms with Gasteiger partial charge in [0.2, 0.25) is 10.0 Å². The molecule has 0 aliphatic heterocycles. The Hall–Kier alpha value is -0.940. The maximum absolute atomic E-state index is 11.6. The molecule has 0 heterocycles. The largest absolute Gasteiger partial charge is 0.397 e. The van der Waals surface area contributed by atoms with Gasteiger partial charge in [0.1, 0.15) is 0 Å². The van der Waals surface area contributed by atoms with Crippen molar-refractivity contribution in [1.82, 2.24) is 0 Å². The first kappa shape index (κ1) is 13.1. The van der Waals surface area contributed by atoms with Crippen LogP contribution in [0, 0.1) is 0 Å². The summed E-state index contributed by atoms with van der Waals surface area (Å²) >= 11 is 5.73.